The molecular formula is C19H29NO4. The van der Waals surface area contributed by atoms with Gasteiger partial charge >= 0.3 is 5.97 Å². The molecule has 0 saturated carbocycles. The number of hydrogen-bond acceptors (Lipinski definition) is 3. The molecule has 1 atom stereocenters. The Labute approximate surface area is 144 Å². The first-order chi connectivity index (χ1) is 10.4. The maximum atomic E-state index is 11.6. The highest BCUT2D eigenvalue weighted by Crippen LogP contribution is 2.10. The molecule has 0 aliphatic heterocycles. The smallest absolute Gasteiger partial charge is 0.326 e. The summed E-state index contributed by atoms with van der Waals surface area (Å²) < 4.78 is 0. The van der Waals surface area contributed by atoms with Crippen molar-refractivity contribution in [3.63, 3.8) is 0 Å². The Bertz CT molecular complexity index is 578. The van der Waals surface area contributed by atoms with Crippen molar-refractivity contribution in [2.75, 3.05) is 0 Å². The SMILES string of the molecule is C.C.CCCc1cccc(C[C@H](NC(=O)/C=C/C(C)=O)C(=O)O)c1. The molecule has 2 N–H and O–H groups in total. The van der Waals surface area contributed by atoms with E-state index in [9.17, 15) is 19.5 Å². The van der Waals surface area contributed by atoms with Gasteiger partial charge in [0.05, 0.1) is 0 Å². The summed E-state index contributed by atoms with van der Waals surface area (Å²) in [6.07, 6.45) is 4.30. The molecule has 1 aromatic rings. The van der Waals surface area contributed by atoms with E-state index in [0.29, 0.717) is 0 Å². The summed E-state index contributed by atoms with van der Waals surface area (Å²) in [6, 6.07) is 6.65. The molecule has 0 unspecified atom stereocenters. The number of amides is 1. The van der Waals surface area contributed by atoms with E-state index in [1.807, 2.05) is 24.3 Å². The average molecular weight is 335 g/mol. The maximum Gasteiger partial charge on any atom is 0.326 e. The topological polar surface area (TPSA) is 83.5 Å². The summed E-state index contributed by atoms with van der Waals surface area (Å²) in [4.78, 5) is 33.7. The number of carbonyl (C=O) groups is 3. The Morgan fingerprint density at radius 1 is 1.17 bits per heavy atom. The Morgan fingerprint density at radius 3 is 2.33 bits per heavy atom. The summed E-state index contributed by atoms with van der Waals surface area (Å²) in [5.41, 5.74) is 2.00. The number of aliphatic carboxylic acids is 1. The molecule has 0 radical (unpaired) electrons. The van der Waals surface area contributed by atoms with Gasteiger partial charge in [0.1, 0.15) is 6.04 Å². The lowest BCUT2D eigenvalue weighted by Gasteiger charge is -2.14. The molecule has 0 aliphatic carbocycles. The van der Waals surface area contributed by atoms with Crippen molar-refractivity contribution in [2.24, 2.45) is 0 Å². The highest BCUT2D eigenvalue weighted by atomic mass is 16.4. The van der Waals surface area contributed by atoms with Crippen LogP contribution in [0.1, 0.15) is 46.2 Å². The van der Waals surface area contributed by atoms with Crippen LogP contribution in [0.25, 0.3) is 0 Å². The number of carboxylic acids is 1. The van der Waals surface area contributed by atoms with Crippen molar-refractivity contribution in [2.45, 2.75) is 54.0 Å². The van der Waals surface area contributed by atoms with Gasteiger partial charge in [-0.1, -0.05) is 52.5 Å². The van der Waals surface area contributed by atoms with Crippen molar-refractivity contribution in [1.82, 2.24) is 5.32 Å². The number of rotatable bonds is 8. The predicted octanol–water partition coefficient (Wildman–Crippen LogP) is 3.17. The van der Waals surface area contributed by atoms with E-state index in [-0.39, 0.29) is 27.1 Å². The molecule has 0 saturated heterocycles. The van der Waals surface area contributed by atoms with Gasteiger partial charge in [0.2, 0.25) is 5.91 Å². The fourth-order valence-electron chi connectivity index (χ4n) is 2.05. The third-order valence-corrected chi connectivity index (χ3v) is 3.05. The second kappa shape index (κ2) is 12.0. The lowest BCUT2D eigenvalue weighted by atomic mass is 10.0. The van der Waals surface area contributed by atoms with Gasteiger partial charge in [-0.25, -0.2) is 4.79 Å². The van der Waals surface area contributed by atoms with E-state index in [0.717, 1.165) is 36.1 Å². The summed E-state index contributed by atoms with van der Waals surface area (Å²) in [7, 11) is 0. The number of ketones is 1. The number of carbonyl (C=O) groups excluding carboxylic acids is 2. The number of hydrogen-bond donors (Lipinski definition) is 2. The van der Waals surface area contributed by atoms with Gasteiger partial charge in [-0.05, 0) is 30.5 Å². The number of carboxylic acid groups (broad SMARTS) is 1. The van der Waals surface area contributed by atoms with Crippen LogP contribution in [0.15, 0.2) is 36.4 Å². The average Bonchev–Trinajstić information content (AvgIpc) is 2.45. The van der Waals surface area contributed by atoms with Crippen LogP contribution < -0.4 is 5.32 Å². The molecule has 1 amide bonds. The fourth-order valence-corrected chi connectivity index (χ4v) is 2.05. The quantitative estimate of drug-likeness (QED) is 0.715. The van der Waals surface area contributed by atoms with E-state index < -0.39 is 17.9 Å². The first kappa shape index (κ1) is 23.8. The molecular weight excluding hydrogens is 306 g/mol. The summed E-state index contributed by atoms with van der Waals surface area (Å²) in [5.74, 6) is -1.97. The lowest BCUT2D eigenvalue weighted by molar-refractivity contribution is -0.141. The monoisotopic (exact) mass is 335 g/mol. The van der Waals surface area contributed by atoms with Crippen LogP contribution in [0.5, 0.6) is 0 Å². The number of aryl methyl sites for hydroxylation is 1. The number of benzene rings is 1. The predicted molar refractivity (Wildman–Crippen MR) is 97.0 cm³/mol. The van der Waals surface area contributed by atoms with Crippen LogP contribution in [0.3, 0.4) is 0 Å². The van der Waals surface area contributed by atoms with Gasteiger partial charge in [-0.3, -0.25) is 9.59 Å². The molecule has 0 spiro atoms. The van der Waals surface area contributed by atoms with E-state index in [1.54, 1.807) is 0 Å². The highest BCUT2D eigenvalue weighted by Gasteiger charge is 2.19. The Hall–Kier alpha value is -2.43. The van der Waals surface area contributed by atoms with Crippen molar-refractivity contribution < 1.29 is 19.5 Å². The van der Waals surface area contributed by atoms with Crippen LogP contribution in [0.2, 0.25) is 0 Å². The first-order valence-corrected chi connectivity index (χ1v) is 7.22. The molecule has 0 fully saturated rings. The maximum absolute atomic E-state index is 11.6. The van der Waals surface area contributed by atoms with Gasteiger partial charge < -0.3 is 10.4 Å². The third kappa shape index (κ3) is 8.88. The second-order valence-electron chi connectivity index (χ2n) is 5.12. The van der Waals surface area contributed by atoms with Crippen LogP contribution in [-0.2, 0) is 27.2 Å². The molecule has 24 heavy (non-hydrogen) atoms. The Kier molecular flexibility index (Phi) is 12.0. The lowest BCUT2D eigenvalue weighted by Crippen LogP contribution is -2.41. The molecule has 0 aromatic heterocycles. The van der Waals surface area contributed by atoms with E-state index >= 15 is 0 Å². The van der Waals surface area contributed by atoms with Gasteiger partial charge in [-0.15, -0.1) is 0 Å². The van der Waals surface area contributed by atoms with E-state index in [2.05, 4.69) is 12.2 Å². The van der Waals surface area contributed by atoms with Crippen LogP contribution >= 0.6 is 0 Å². The summed E-state index contributed by atoms with van der Waals surface area (Å²) in [6.45, 7) is 3.39. The van der Waals surface area contributed by atoms with Gasteiger partial charge in [0, 0.05) is 12.5 Å². The van der Waals surface area contributed by atoms with Crippen LogP contribution in [0.4, 0.5) is 0 Å². The van der Waals surface area contributed by atoms with Crippen molar-refractivity contribution in [1.29, 1.82) is 0 Å². The molecule has 0 aliphatic rings. The molecule has 0 heterocycles. The van der Waals surface area contributed by atoms with Crippen LogP contribution in [-0.4, -0.2) is 28.8 Å². The zero-order valence-electron chi connectivity index (χ0n) is 12.8. The van der Waals surface area contributed by atoms with E-state index in [4.69, 9.17) is 0 Å². The summed E-state index contributed by atoms with van der Waals surface area (Å²) >= 11 is 0. The van der Waals surface area contributed by atoms with Gasteiger partial charge in [0.15, 0.2) is 5.78 Å². The minimum Gasteiger partial charge on any atom is -0.480 e. The van der Waals surface area contributed by atoms with E-state index in [1.165, 1.54) is 6.92 Å². The number of allylic oxidation sites excluding steroid dienone is 1. The van der Waals surface area contributed by atoms with Crippen molar-refractivity contribution in [3.05, 3.63) is 47.5 Å². The molecule has 0 bridgehead atoms. The third-order valence-electron chi connectivity index (χ3n) is 3.05. The number of nitrogens with one attached hydrogen (secondary N) is 1. The zero-order chi connectivity index (χ0) is 16.5. The molecule has 1 rings (SSSR count). The molecule has 134 valence electrons. The minimum absolute atomic E-state index is 0. The first-order valence-electron chi connectivity index (χ1n) is 7.22. The minimum atomic E-state index is -1.11. The molecule has 5 nitrogen and oxygen atoms in total. The fraction of sp³-hybridized carbons (Fsp3) is 0.421. The second-order valence-corrected chi connectivity index (χ2v) is 5.12. The molecule has 5 heteroatoms. The normalized spacial score (nSPS) is 11.1. The van der Waals surface area contributed by atoms with Gasteiger partial charge in [-0.2, -0.15) is 0 Å². The Balaban J connectivity index is 0. The van der Waals surface area contributed by atoms with Crippen LogP contribution in [0, 0.1) is 0 Å². The van der Waals surface area contributed by atoms with Crippen molar-refractivity contribution >= 4 is 17.7 Å². The summed E-state index contributed by atoms with van der Waals surface area (Å²) in [5, 5.41) is 11.6. The van der Waals surface area contributed by atoms with Gasteiger partial charge in [0.25, 0.3) is 0 Å². The highest BCUT2D eigenvalue weighted by molar-refractivity contribution is 5.97. The standard InChI is InChI=1S/C17H21NO4.2CH4/c1-3-5-13-6-4-7-14(10-13)11-15(17(21)22)18-16(20)9-8-12(2)19;;/h4,6-10,15H,3,5,11H2,1-2H3,(H,18,20)(H,21,22);2*1H4/b9-8+;;/t15-;;/m0../s1. The zero-order valence-corrected chi connectivity index (χ0v) is 12.8. The van der Waals surface area contributed by atoms with Crippen molar-refractivity contribution in [3.8, 4) is 0 Å². The molecule has 1 aromatic carbocycles. The largest absolute Gasteiger partial charge is 0.480 e. The Morgan fingerprint density at radius 2 is 1.79 bits per heavy atom.